The van der Waals surface area contributed by atoms with E-state index in [0.717, 1.165) is 7.14 Å². The monoisotopic (exact) mass is 575 g/mol. The maximum absolute atomic E-state index is 12.2. The first kappa shape index (κ1) is 20.4. The summed E-state index contributed by atoms with van der Waals surface area (Å²) in [7, 11) is 0. The van der Waals surface area contributed by atoms with Crippen molar-refractivity contribution in [1.82, 2.24) is 5.32 Å². The van der Waals surface area contributed by atoms with Gasteiger partial charge in [-0.3, -0.25) is 4.79 Å². The Labute approximate surface area is 178 Å². The van der Waals surface area contributed by atoms with Crippen LogP contribution in [0.15, 0.2) is 60.8 Å². The summed E-state index contributed by atoms with van der Waals surface area (Å²) < 4.78 is 7.28. The van der Waals surface area contributed by atoms with Gasteiger partial charge in [-0.25, -0.2) is 4.79 Å². The second-order valence-corrected chi connectivity index (χ2v) is 7.42. The van der Waals surface area contributed by atoms with E-state index >= 15 is 0 Å². The van der Waals surface area contributed by atoms with Gasteiger partial charge in [0.05, 0.1) is 7.14 Å². The lowest BCUT2D eigenvalue weighted by Crippen LogP contribution is -2.27. The Bertz CT molecular complexity index is 840. The minimum Gasteiger partial charge on any atom is -0.487 e. The number of carboxylic acid groups (broad SMARTS) is 1. The number of aliphatic carboxylic acids is 1. The van der Waals surface area contributed by atoms with Crippen LogP contribution in [0.4, 0.5) is 0 Å². The zero-order chi connectivity index (χ0) is 19.1. The molecule has 26 heavy (non-hydrogen) atoms. The summed E-state index contributed by atoms with van der Waals surface area (Å²) >= 11 is 4.24. The average Bonchev–Trinajstić information content (AvgIpc) is 2.61. The average molecular weight is 575 g/mol. The van der Waals surface area contributed by atoms with Crippen LogP contribution in [0.3, 0.4) is 0 Å². The molecule has 0 saturated heterocycles. The number of amides is 1. The molecule has 0 saturated carbocycles. The van der Waals surface area contributed by atoms with Crippen LogP contribution in [-0.2, 0) is 4.79 Å². The third-order valence-corrected chi connectivity index (χ3v) is 4.79. The molecule has 1 amide bonds. The molecule has 0 heterocycles. The Morgan fingerprint density at radius 1 is 1.15 bits per heavy atom. The van der Waals surface area contributed by atoms with Gasteiger partial charge in [0.1, 0.15) is 18.1 Å². The lowest BCUT2D eigenvalue weighted by Gasteiger charge is -2.11. The fraction of sp³-hybridized carbons (Fsp3) is 0.0526. The first-order valence-electron chi connectivity index (χ1n) is 7.46. The molecular formula is C19H15I2NO4. The van der Waals surface area contributed by atoms with E-state index in [9.17, 15) is 14.7 Å². The van der Waals surface area contributed by atoms with E-state index in [-0.39, 0.29) is 5.70 Å². The number of carbonyl (C=O) groups is 2. The Morgan fingerprint density at radius 2 is 1.77 bits per heavy atom. The van der Waals surface area contributed by atoms with Crippen LogP contribution < -0.4 is 10.1 Å². The molecule has 0 unspecified atom stereocenters. The predicted octanol–water partition coefficient (Wildman–Crippen LogP) is 4.32. The van der Waals surface area contributed by atoms with Gasteiger partial charge in [0.2, 0.25) is 0 Å². The van der Waals surface area contributed by atoms with Crippen molar-refractivity contribution in [1.29, 1.82) is 0 Å². The zero-order valence-electron chi connectivity index (χ0n) is 13.5. The summed E-state index contributed by atoms with van der Waals surface area (Å²) in [6, 6.07) is 12.0. The molecule has 0 fully saturated rings. The van der Waals surface area contributed by atoms with E-state index in [1.165, 1.54) is 6.08 Å². The Balaban J connectivity index is 2.30. The normalized spacial score (nSPS) is 10.9. The van der Waals surface area contributed by atoms with E-state index in [4.69, 9.17) is 4.74 Å². The van der Waals surface area contributed by atoms with Gasteiger partial charge in [-0.2, -0.15) is 0 Å². The molecule has 0 bridgehead atoms. The summed E-state index contributed by atoms with van der Waals surface area (Å²) in [5.74, 6) is -0.977. The van der Waals surface area contributed by atoms with Crippen LogP contribution in [0, 0.1) is 7.14 Å². The summed E-state index contributed by atoms with van der Waals surface area (Å²) in [4.78, 5) is 23.7. The molecule has 2 N–H and O–H groups in total. The van der Waals surface area contributed by atoms with Crippen molar-refractivity contribution in [2.24, 2.45) is 0 Å². The molecule has 0 aliphatic carbocycles. The molecule has 2 aromatic carbocycles. The lowest BCUT2D eigenvalue weighted by molar-refractivity contribution is -0.132. The highest BCUT2D eigenvalue weighted by Gasteiger charge is 2.14. The van der Waals surface area contributed by atoms with Crippen LogP contribution in [0.25, 0.3) is 6.08 Å². The van der Waals surface area contributed by atoms with Crippen LogP contribution in [0.2, 0.25) is 0 Å². The SMILES string of the molecule is C=CCOc1c(I)cc(/C=C(/NC(=O)c2ccccc2)C(=O)O)cc1I. The van der Waals surface area contributed by atoms with Crippen LogP contribution in [-0.4, -0.2) is 23.6 Å². The van der Waals surface area contributed by atoms with E-state index in [0.29, 0.717) is 23.5 Å². The first-order valence-corrected chi connectivity index (χ1v) is 9.62. The Kier molecular flexibility index (Phi) is 7.64. The molecule has 0 atom stereocenters. The molecule has 0 spiro atoms. The third kappa shape index (κ3) is 5.56. The van der Waals surface area contributed by atoms with Gasteiger partial charge >= 0.3 is 5.97 Å². The summed E-state index contributed by atoms with van der Waals surface area (Å²) in [5, 5.41) is 11.9. The zero-order valence-corrected chi connectivity index (χ0v) is 17.9. The number of nitrogens with one attached hydrogen (secondary N) is 1. The molecule has 5 nitrogen and oxygen atoms in total. The Morgan fingerprint density at radius 3 is 2.31 bits per heavy atom. The second-order valence-electron chi connectivity index (χ2n) is 5.10. The van der Waals surface area contributed by atoms with E-state index < -0.39 is 11.9 Å². The molecule has 0 aromatic heterocycles. The van der Waals surface area contributed by atoms with Crippen molar-refractivity contribution in [3.63, 3.8) is 0 Å². The largest absolute Gasteiger partial charge is 0.487 e. The number of carboxylic acids is 1. The third-order valence-electron chi connectivity index (χ3n) is 3.19. The van der Waals surface area contributed by atoms with Gasteiger partial charge in [0, 0.05) is 5.56 Å². The summed E-state index contributed by atoms with van der Waals surface area (Å²) in [6.07, 6.45) is 3.08. The van der Waals surface area contributed by atoms with Crippen molar-refractivity contribution in [3.8, 4) is 5.75 Å². The summed E-state index contributed by atoms with van der Waals surface area (Å²) in [5.41, 5.74) is 0.831. The van der Waals surface area contributed by atoms with E-state index in [1.54, 1.807) is 48.5 Å². The topological polar surface area (TPSA) is 75.6 Å². The smallest absolute Gasteiger partial charge is 0.352 e. The summed E-state index contributed by atoms with van der Waals surface area (Å²) in [6.45, 7) is 4.00. The molecule has 2 aromatic rings. The number of hydrogen-bond acceptors (Lipinski definition) is 3. The van der Waals surface area contributed by atoms with Crippen LogP contribution >= 0.6 is 45.2 Å². The highest BCUT2D eigenvalue weighted by Crippen LogP contribution is 2.29. The van der Waals surface area contributed by atoms with Crippen molar-refractivity contribution < 1.29 is 19.4 Å². The highest BCUT2D eigenvalue weighted by atomic mass is 127. The quantitative estimate of drug-likeness (QED) is 0.293. The number of ether oxygens (including phenoxy) is 1. The number of halogens is 2. The first-order chi connectivity index (χ1) is 12.4. The maximum Gasteiger partial charge on any atom is 0.352 e. The van der Waals surface area contributed by atoms with Gasteiger partial charge in [-0.05, 0) is 81.1 Å². The van der Waals surface area contributed by atoms with E-state index in [1.807, 2.05) is 0 Å². The Hall–Kier alpha value is -1.88. The maximum atomic E-state index is 12.2. The fourth-order valence-electron chi connectivity index (χ4n) is 2.04. The molecular weight excluding hydrogens is 560 g/mol. The fourth-order valence-corrected chi connectivity index (χ4v) is 4.17. The molecule has 134 valence electrons. The molecule has 0 radical (unpaired) electrons. The highest BCUT2D eigenvalue weighted by molar-refractivity contribution is 14.1. The minimum atomic E-state index is -1.22. The van der Waals surface area contributed by atoms with Crippen molar-refractivity contribution in [2.75, 3.05) is 6.61 Å². The van der Waals surface area contributed by atoms with Gasteiger partial charge in [-0.15, -0.1) is 0 Å². The standard InChI is InChI=1S/C19H15I2NO4/c1-2-8-26-17-14(20)9-12(10-15(17)21)11-16(19(24)25)22-18(23)13-6-4-3-5-7-13/h2-7,9-11H,1,8H2,(H,22,23)(H,24,25)/b16-11+. The van der Waals surface area contributed by atoms with Crippen molar-refractivity contribution in [3.05, 3.63) is 79.1 Å². The van der Waals surface area contributed by atoms with Crippen molar-refractivity contribution >= 4 is 63.1 Å². The van der Waals surface area contributed by atoms with Crippen LogP contribution in [0.5, 0.6) is 5.75 Å². The molecule has 0 aliphatic heterocycles. The number of hydrogen-bond donors (Lipinski definition) is 2. The van der Waals surface area contributed by atoms with Gasteiger partial charge in [0.15, 0.2) is 0 Å². The van der Waals surface area contributed by atoms with Gasteiger partial charge in [0.25, 0.3) is 5.91 Å². The predicted molar refractivity (Wildman–Crippen MR) is 117 cm³/mol. The number of carbonyl (C=O) groups excluding carboxylic acids is 1. The van der Waals surface area contributed by atoms with Crippen LogP contribution in [0.1, 0.15) is 15.9 Å². The molecule has 2 rings (SSSR count). The molecule has 7 heteroatoms. The minimum absolute atomic E-state index is 0.204. The molecule has 0 aliphatic rings. The number of rotatable bonds is 7. The lowest BCUT2D eigenvalue weighted by atomic mass is 10.1. The van der Waals surface area contributed by atoms with Gasteiger partial charge in [-0.1, -0.05) is 30.9 Å². The number of benzene rings is 2. The second kappa shape index (κ2) is 9.72. The van der Waals surface area contributed by atoms with Gasteiger partial charge < -0.3 is 15.2 Å². The van der Waals surface area contributed by atoms with Crippen molar-refractivity contribution in [2.45, 2.75) is 0 Å². The van der Waals surface area contributed by atoms with E-state index in [2.05, 4.69) is 57.1 Å².